The van der Waals surface area contributed by atoms with Crippen molar-refractivity contribution in [3.63, 3.8) is 0 Å². The molecule has 11 heteroatoms. The summed E-state index contributed by atoms with van der Waals surface area (Å²) in [7, 11) is 0. The molecule has 3 aromatic rings. The number of anilines is 1. The SMILES string of the molecule is [2H]C([2H])([2H])N(C(=O)c1cn(-c2ccc(Cl)cc2)nn1)[C@@H](CC(C)(C)C)C(=O)N1C[C@]2(C[C@H]1[N+]#[C-])C(=O)Nc1ccccc12. The summed E-state index contributed by atoms with van der Waals surface area (Å²) in [6, 6.07) is 12.2. The average Bonchev–Trinajstić information content (AvgIpc) is 3.64. The van der Waals surface area contributed by atoms with Crippen LogP contribution in [0.3, 0.4) is 0 Å². The van der Waals surface area contributed by atoms with Crippen LogP contribution in [0.25, 0.3) is 10.5 Å². The molecule has 0 saturated carbocycles. The number of rotatable bonds is 5. The molecule has 1 fully saturated rings. The standard InChI is InChI=1S/C29H30ClN7O3/c1-28(2,3)14-23(35(5)25(38)22-16-37(34-33-22)19-12-10-18(30)11-13-19)26(39)36-17-29(15-24(36)31-4)20-8-6-7-9-21(20)32-27(29)40/h6-13,16,23-24H,14-15,17H2,1-3,5H3,(H,32,40)/t23-,24-,29-/m0/s1/i5D3. The van der Waals surface area contributed by atoms with Crippen LogP contribution in [0, 0.1) is 12.0 Å². The van der Waals surface area contributed by atoms with Crippen LogP contribution in [0.4, 0.5) is 5.69 Å². The fourth-order valence-corrected chi connectivity index (χ4v) is 5.49. The summed E-state index contributed by atoms with van der Waals surface area (Å²) in [4.78, 5) is 47.0. The maximum absolute atomic E-state index is 14.4. The normalized spacial score (nSPS) is 22.1. The van der Waals surface area contributed by atoms with Crippen LogP contribution >= 0.6 is 11.6 Å². The number of nitrogens with one attached hydrogen (secondary N) is 1. The number of fused-ring (bicyclic) bond motifs is 2. The number of amides is 3. The zero-order valence-electron chi connectivity index (χ0n) is 25.3. The third-order valence-corrected chi connectivity index (χ3v) is 7.57. The third kappa shape index (κ3) is 4.82. The number of nitrogens with zero attached hydrogens (tertiary/aromatic N) is 6. The number of para-hydroxylation sites is 1. The topological polar surface area (TPSA) is 105 Å². The van der Waals surface area contributed by atoms with E-state index in [2.05, 4.69) is 20.5 Å². The van der Waals surface area contributed by atoms with E-state index < -0.39 is 41.8 Å². The molecule has 2 aromatic carbocycles. The second-order valence-corrected chi connectivity index (χ2v) is 11.8. The Kier molecular flexibility index (Phi) is 5.95. The van der Waals surface area contributed by atoms with Crippen LogP contribution < -0.4 is 5.32 Å². The fourth-order valence-electron chi connectivity index (χ4n) is 5.36. The van der Waals surface area contributed by atoms with Crippen LogP contribution in [-0.2, 0) is 15.0 Å². The van der Waals surface area contributed by atoms with Crippen molar-refractivity contribution in [2.24, 2.45) is 5.41 Å². The molecule has 3 atom stereocenters. The zero-order valence-corrected chi connectivity index (χ0v) is 23.0. The maximum atomic E-state index is 14.4. The summed E-state index contributed by atoms with van der Waals surface area (Å²) >= 11 is 5.97. The van der Waals surface area contributed by atoms with Gasteiger partial charge in [-0.05, 0) is 47.7 Å². The number of aromatic nitrogens is 3. The van der Waals surface area contributed by atoms with Crippen molar-refractivity contribution in [3.8, 4) is 5.69 Å². The first kappa shape index (κ1) is 23.6. The van der Waals surface area contributed by atoms with Gasteiger partial charge in [0.1, 0.15) is 11.5 Å². The monoisotopic (exact) mass is 562 g/mol. The van der Waals surface area contributed by atoms with E-state index in [4.69, 9.17) is 22.3 Å². The van der Waals surface area contributed by atoms with Gasteiger partial charge in [0.05, 0.1) is 18.3 Å². The molecular weight excluding hydrogens is 530 g/mol. The van der Waals surface area contributed by atoms with Gasteiger partial charge in [-0.1, -0.05) is 55.8 Å². The van der Waals surface area contributed by atoms with E-state index >= 15 is 0 Å². The summed E-state index contributed by atoms with van der Waals surface area (Å²) in [5.74, 6) is -2.06. The molecule has 0 aliphatic carbocycles. The van der Waals surface area contributed by atoms with Gasteiger partial charge in [0.15, 0.2) is 5.69 Å². The lowest BCUT2D eigenvalue weighted by atomic mass is 9.80. The summed E-state index contributed by atoms with van der Waals surface area (Å²) in [6.45, 7) is 10.2. The summed E-state index contributed by atoms with van der Waals surface area (Å²) < 4.78 is 26.3. The number of likely N-dealkylation sites (tertiary alicyclic amines) is 1. The number of likely N-dealkylation sites (N-methyl/N-ethyl adjacent to an activating group) is 1. The average molecular weight is 563 g/mol. The molecule has 1 saturated heterocycles. The molecule has 206 valence electrons. The Bertz CT molecular complexity index is 1630. The number of carbonyl (C=O) groups is 3. The minimum Gasteiger partial charge on any atom is -0.328 e. The number of hydrogen-bond donors (Lipinski definition) is 1. The van der Waals surface area contributed by atoms with Crippen LogP contribution in [0.5, 0.6) is 0 Å². The third-order valence-electron chi connectivity index (χ3n) is 7.31. The Balaban J connectivity index is 1.53. The molecule has 1 aromatic heterocycles. The predicted molar refractivity (Wildman–Crippen MR) is 150 cm³/mol. The summed E-state index contributed by atoms with van der Waals surface area (Å²) in [5.41, 5.74) is -0.214. The number of halogens is 1. The van der Waals surface area contributed by atoms with E-state index in [0.717, 1.165) is 0 Å². The van der Waals surface area contributed by atoms with Gasteiger partial charge >= 0.3 is 6.17 Å². The molecule has 1 spiro atoms. The molecular formula is C29H30ClN7O3. The zero-order chi connectivity index (χ0) is 31.3. The number of hydrogen-bond acceptors (Lipinski definition) is 5. The Morgan fingerprint density at radius 3 is 2.67 bits per heavy atom. The molecule has 2 aliphatic heterocycles. The fraction of sp³-hybridized carbons (Fsp3) is 0.379. The van der Waals surface area contributed by atoms with Crippen LogP contribution in [0.15, 0.2) is 54.7 Å². The van der Waals surface area contributed by atoms with E-state index in [1.54, 1.807) is 48.5 Å². The second kappa shape index (κ2) is 10.1. The molecule has 5 rings (SSSR count). The first-order valence-electron chi connectivity index (χ1n) is 14.2. The van der Waals surface area contributed by atoms with Crippen LogP contribution in [0.1, 0.15) is 53.8 Å². The first-order valence-corrected chi connectivity index (χ1v) is 13.1. The van der Waals surface area contributed by atoms with Crippen molar-refractivity contribution >= 4 is 35.0 Å². The summed E-state index contributed by atoms with van der Waals surface area (Å²) in [5, 5.41) is 11.2. The van der Waals surface area contributed by atoms with Crippen molar-refractivity contribution in [1.82, 2.24) is 24.8 Å². The van der Waals surface area contributed by atoms with Crippen molar-refractivity contribution in [1.29, 1.82) is 0 Å². The Morgan fingerprint density at radius 1 is 1.27 bits per heavy atom. The van der Waals surface area contributed by atoms with Gasteiger partial charge in [0.25, 0.3) is 11.8 Å². The largest absolute Gasteiger partial charge is 0.328 e. The number of carbonyl (C=O) groups excluding carboxylic acids is 3. The van der Waals surface area contributed by atoms with Crippen LogP contribution in [0.2, 0.25) is 5.02 Å². The Hall–Kier alpha value is -4.23. The van der Waals surface area contributed by atoms with Gasteiger partial charge in [0.2, 0.25) is 5.91 Å². The van der Waals surface area contributed by atoms with Gasteiger partial charge in [-0.3, -0.25) is 24.1 Å². The molecule has 40 heavy (non-hydrogen) atoms. The van der Waals surface area contributed by atoms with Gasteiger partial charge in [-0.25, -0.2) is 11.3 Å². The van der Waals surface area contributed by atoms with E-state index in [1.165, 1.54) is 15.8 Å². The highest BCUT2D eigenvalue weighted by Gasteiger charge is 2.59. The highest BCUT2D eigenvalue weighted by atomic mass is 35.5. The highest BCUT2D eigenvalue weighted by molar-refractivity contribution is 6.30. The lowest BCUT2D eigenvalue weighted by Crippen LogP contribution is -2.52. The van der Waals surface area contributed by atoms with Gasteiger partial charge < -0.3 is 10.2 Å². The van der Waals surface area contributed by atoms with Crippen molar-refractivity contribution < 1.29 is 18.5 Å². The molecule has 0 unspecified atom stereocenters. The molecule has 0 bridgehead atoms. The second-order valence-electron chi connectivity index (χ2n) is 11.3. The van der Waals surface area contributed by atoms with Crippen LogP contribution in [-0.4, -0.2) is 68.2 Å². The molecule has 3 heterocycles. The van der Waals surface area contributed by atoms with Gasteiger partial charge in [0, 0.05) is 28.3 Å². The van der Waals surface area contributed by atoms with Crippen molar-refractivity contribution in [2.75, 3.05) is 18.8 Å². The minimum atomic E-state index is -3.05. The maximum Gasteiger partial charge on any atom is 0.302 e. The Labute approximate surface area is 241 Å². The number of benzene rings is 2. The van der Waals surface area contributed by atoms with Crippen molar-refractivity contribution in [3.05, 3.63) is 82.4 Å². The molecule has 3 amide bonds. The lowest BCUT2D eigenvalue weighted by molar-refractivity contribution is -0.137. The molecule has 10 nitrogen and oxygen atoms in total. The summed E-state index contributed by atoms with van der Waals surface area (Å²) in [6.07, 6.45) is 0.268. The van der Waals surface area contributed by atoms with Gasteiger partial charge in [-0.2, -0.15) is 0 Å². The first-order chi connectivity index (χ1) is 20.1. The molecule has 0 radical (unpaired) electrons. The van der Waals surface area contributed by atoms with E-state index in [-0.39, 0.29) is 31.0 Å². The van der Waals surface area contributed by atoms with Gasteiger partial charge in [-0.15, -0.1) is 5.10 Å². The lowest BCUT2D eigenvalue weighted by Gasteiger charge is -2.34. The minimum absolute atomic E-state index is 0.0295. The molecule has 1 N–H and O–H groups in total. The van der Waals surface area contributed by atoms with E-state index in [9.17, 15) is 14.4 Å². The molecule has 2 aliphatic rings. The smallest absolute Gasteiger partial charge is 0.302 e. The van der Waals surface area contributed by atoms with Crippen molar-refractivity contribution in [2.45, 2.75) is 51.2 Å². The highest BCUT2D eigenvalue weighted by Crippen LogP contribution is 2.47. The predicted octanol–water partition coefficient (Wildman–Crippen LogP) is 4.17. The van der Waals surface area contributed by atoms with E-state index in [1.807, 2.05) is 20.8 Å². The van der Waals surface area contributed by atoms with E-state index in [0.29, 0.717) is 26.9 Å². The quantitative estimate of drug-likeness (QED) is 0.470. The Morgan fingerprint density at radius 2 is 2.00 bits per heavy atom.